The summed E-state index contributed by atoms with van der Waals surface area (Å²) in [6.45, 7) is 11.1. The van der Waals surface area contributed by atoms with E-state index in [1.54, 1.807) is 26.8 Å². The van der Waals surface area contributed by atoms with E-state index in [4.69, 9.17) is 14.2 Å². The van der Waals surface area contributed by atoms with Gasteiger partial charge in [-0.25, -0.2) is 8.78 Å². The molecule has 3 nitrogen and oxygen atoms in total. The predicted molar refractivity (Wildman–Crippen MR) is 105 cm³/mol. The van der Waals surface area contributed by atoms with Crippen LogP contribution in [0.2, 0.25) is 0 Å². The molecule has 1 aromatic rings. The SMILES string of the molecule is C=Cc1ccc(COC(C)OCC(C)/C(CC)=C(F)/C(F)=C(\C)OC)cc1. The number of ether oxygens (including phenoxy) is 3. The highest BCUT2D eigenvalue weighted by atomic mass is 19.2. The van der Waals surface area contributed by atoms with Crippen LogP contribution >= 0.6 is 0 Å². The third-order valence-corrected chi connectivity index (χ3v) is 4.35. The van der Waals surface area contributed by atoms with Gasteiger partial charge >= 0.3 is 0 Å². The first-order valence-electron chi connectivity index (χ1n) is 9.07. The number of halogens is 2. The molecule has 150 valence electrons. The van der Waals surface area contributed by atoms with Gasteiger partial charge in [-0.1, -0.05) is 50.8 Å². The lowest BCUT2D eigenvalue weighted by Gasteiger charge is -2.20. The van der Waals surface area contributed by atoms with Crippen molar-refractivity contribution in [3.63, 3.8) is 0 Å². The summed E-state index contributed by atoms with van der Waals surface area (Å²) < 4.78 is 44.5. The predicted octanol–water partition coefficient (Wildman–Crippen LogP) is 6.33. The fourth-order valence-corrected chi connectivity index (χ4v) is 2.50. The largest absolute Gasteiger partial charge is 0.498 e. The Bertz CT molecular complexity index is 663. The molecule has 2 unspecified atom stereocenters. The van der Waals surface area contributed by atoms with Crippen LogP contribution in [0, 0.1) is 5.92 Å². The molecule has 0 radical (unpaired) electrons. The van der Waals surface area contributed by atoms with Crippen molar-refractivity contribution in [2.45, 2.75) is 47.0 Å². The van der Waals surface area contributed by atoms with Crippen molar-refractivity contribution >= 4 is 6.08 Å². The summed E-state index contributed by atoms with van der Waals surface area (Å²) in [6.07, 6.45) is 1.70. The van der Waals surface area contributed by atoms with Crippen LogP contribution in [-0.4, -0.2) is 20.0 Å². The van der Waals surface area contributed by atoms with E-state index in [0.717, 1.165) is 11.1 Å². The minimum atomic E-state index is -0.964. The Kier molecular flexibility index (Phi) is 9.97. The summed E-state index contributed by atoms with van der Waals surface area (Å²) in [5, 5.41) is 0. The molecule has 0 amide bonds. The van der Waals surface area contributed by atoms with Crippen molar-refractivity contribution in [1.29, 1.82) is 0 Å². The highest BCUT2D eigenvalue weighted by Gasteiger charge is 2.19. The van der Waals surface area contributed by atoms with Crippen molar-refractivity contribution in [1.82, 2.24) is 0 Å². The number of rotatable bonds is 11. The Morgan fingerprint density at radius 2 is 1.74 bits per heavy atom. The molecule has 2 atom stereocenters. The molecule has 0 bridgehead atoms. The molecule has 0 N–H and O–H groups in total. The van der Waals surface area contributed by atoms with E-state index in [2.05, 4.69) is 6.58 Å². The Morgan fingerprint density at radius 1 is 1.11 bits per heavy atom. The Balaban J connectivity index is 2.60. The van der Waals surface area contributed by atoms with Crippen molar-refractivity contribution in [2.24, 2.45) is 5.92 Å². The molecule has 0 saturated heterocycles. The highest BCUT2D eigenvalue weighted by Crippen LogP contribution is 2.28. The summed E-state index contributed by atoms with van der Waals surface area (Å²) in [7, 11) is 1.31. The van der Waals surface area contributed by atoms with Crippen LogP contribution in [0.1, 0.15) is 45.2 Å². The van der Waals surface area contributed by atoms with Crippen LogP contribution in [0.25, 0.3) is 6.08 Å². The quantitative estimate of drug-likeness (QED) is 0.255. The van der Waals surface area contributed by atoms with E-state index in [1.807, 2.05) is 24.3 Å². The third kappa shape index (κ3) is 7.27. The molecule has 0 spiro atoms. The van der Waals surface area contributed by atoms with Crippen molar-refractivity contribution in [3.8, 4) is 0 Å². The standard InChI is InChI=1S/C22H30F2O3/c1-7-18-9-11-19(12-10-18)14-27-17(5)26-13-15(3)20(8-2)22(24)21(23)16(4)25-6/h7,9-12,15,17H,1,8,13-14H2,2-6H3/b21-16-,22-20-. The molecular formula is C22H30F2O3. The van der Waals surface area contributed by atoms with E-state index in [9.17, 15) is 8.78 Å². The zero-order chi connectivity index (χ0) is 20.4. The number of allylic oxidation sites excluding steroid dienone is 3. The van der Waals surface area contributed by atoms with E-state index in [-0.39, 0.29) is 18.3 Å². The molecule has 0 aromatic heterocycles. The number of benzene rings is 1. The number of hydrogen-bond donors (Lipinski definition) is 0. The third-order valence-electron chi connectivity index (χ3n) is 4.35. The van der Waals surface area contributed by atoms with E-state index >= 15 is 0 Å². The van der Waals surface area contributed by atoms with Crippen LogP contribution in [0.5, 0.6) is 0 Å². The molecule has 1 rings (SSSR count). The van der Waals surface area contributed by atoms with Gasteiger partial charge in [-0.15, -0.1) is 0 Å². The number of hydrogen-bond acceptors (Lipinski definition) is 3. The van der Waals surface area contributed by atoms with E-state index < -0.39 is 17.9 Å². The first-order chi connectivity index (χ1) is 12.8. The van der Waals surface area contributed by atoms with Gasteiger partial charge < -0.3 is 14.2 Å². The molecular weight excluding hydrogens is 350 g/mol. The van der Waals surface area contributed by atoms with Gasteiger partial charge in [-0.05, 0) is 37.0 Å². The summed E-state index contributed by atoms with van der Waals surface area (Å²) >= 11 is 0. The van der Waals surface area contributed by atoms with Gasteiger partial charge in [-0.3, -0.25) is 0 Å². The summed E-state index contributed by atoms with van der Waals surface area (Å²) in [6, 6.07) is 7.86. The average molecular weight is 380 g/mol. The van der Waals surface area contributed by atoms with Gasteiger partial charge in [0.05, 0.1) is 20.3 Å². The van der Waals surface area contributed by atoms with Crippen LogP contribution in [0.4, 0.5) is 8.78 Å². The lowest BCUT2D eigenvalue weighted by atomic mass is 9.98. The van der Waals surface area contributed by atoms with Crippen molar-refractivity contribution in [3.05, 3.63) is 65.0 Å². The maximum absolute atomic E-state index is 14.4. The van der Waals surface area contributed by atoms with Crippen LogP contribution in [0.3, 0.4) is 0 Å². The normalized spacial score (nSPS) is 15.5. The lowest BCUT2D eigenvalue weighted by Crippen LogP contribution is -2.18. The molecule has 1 aromatic carbocycles. The van der Waals surface area contributed by atoms with Crippen LogP contribution in [0.15, 0.2) is 53.8 Å². The molecule has 27 heavy (non-hydrogen) atoms. The molecule has 0 aliphatic rings. The maximum atomic E-state index is 14.4. The second kappa shape index (κ2) is 11.7. The van der Waals surface area contributed by atoms with Crippen LogP contribution in [-0.2, 0) is 20.8 Å². The molecule has 0 heterocycles. The smallest absolute Gasteiger partial charge is 0.195 e. The summed E-state index contributed by atoms with van der Waals surface area (Å²) in [5.74, 6) is -2.20. The summed E-state index contributed by atoms with van der Waals surface area (Å²) in [4.78, 5) is 0. The first kappa shape index (κ1) is 23.1. The molecule has 0 aliphatic heterocycles. The second-order valence-corrected chi connectivity index (χ2v) is 6.33. The fourth-order valence-electron chi connectivity index (χ4n) is 2.50. The maximum Gasteiger partial charge on any atom is 0.195 e. The zero-order valence-corrected chi connectivity index (χ0v) is 16.9. The van der Waals surface area contributed by atoms with Gasteiger partial charge in [0, 0.05) is 5.92 Å². The van der Waals surface area contributed by atoms with Gasteiger partial charge in [0.25, 0.3) is 0 Å². The van der Waals surface area contributed by atoms with Crippen molar-refractivity contribution in [2.75, 3.05) is 13.7 Å². The van der Waals surface area contributed by atoms with Gasteiger partial charge in [0.2, 0.25) is 0 Å². The van der Waals surface area contributed by atoms with Crippen molar-refractivity contribution < 1.29 is 23.0 Å². The second-order valence-electron chi connectivity index (χ2n) is 6.33. The summed E-state index contributed by atoms with van der Waals surface area (Å²) in [5.41, 5.74) is 2.42. The van der Waals surface area contributed by atoms with E-state index in [0.29, 0.717) is 18.6 Å². The molecule has 0 fully saturated rings. The lowest BCUT2D eigenvalue weighted by molar-refractivity contribution is -0.142. The van der Waals surface area contributed by atoms with E-state index in [1.165, 1.54) is 14.0 Å². The minimum absolute atomic E-state index is 0.0780. The Labute approximate surface area is 161 Å². The zero-order valence-electron chi connectivity index (χ0n) is 16.9. The van der Waals surface area contributed by atoms with Gasteiger partial charge in [0.15, 0.2) is 17.9 Å². The molecule has 0 aliphatic carbocycles. The first-order valence-corrected chi connectivity index (χ1v) is 9.07. The number of methoxy groups -OCH3 is 1. The van der Waals surface area contributed by atoms with Gasteiger partial charge in [-0.2, -0.15) is 0 Å². The fraction of sp³-hybridized carbons (Fsp3) is 0.455. The topological polar surface area (TPSA) is 27.7 Å². The Hall–Kier alpha value is -1.98. The van der Waals surface area contributed by atoms with Crippen LogP contribution < -0.4 is 0 Å². The van der Waals surface area contributed by atoms with Gasteiger partial charge in [0.1, 0.15) is 5.76 Å². The minimum Gasteiger partial charge on any atom is -0.498 e. The highest BCUT2D eigenvalue weighted by molar-refractivity contribution is 5.47. The molecule has 0 saturated carbocycles. The average Bonchev–Trinajstić information content (AvgIpc) is 2.70. The molecule has 5 heteroatoms. The monoisotopic (exact) mass is 380 g/mol. The Morgan fingerprint density at radius 3 is 2.26 bits per heavy atom.